The quantitative estimate of drug-likeness (QED) is 0.342. The van der Waals surface area contributed by atoms with Crippen LogP contribution in [0.2, 0.25) is 0 Å². The van der Waals surface area contributed by atoms with E-state index in [1.807, 2.05) is 55.6 Å². The van der Waals surface area contributed by atoms with Crippen molar-refractivity contribution in [2.75, 3.05) is 0 Å². The van der Waals surface area contributed by atoms with Crippen molar-refractivity contribution < 1.29 is 4.79 Å². The van der Waals surface area contributed by atoms with Crippen LogP contribution in [0.25, 0.3) is 10.9 Å². The molecule has 0 bridgehead atoms. The highest BCUT2D eigenvalue weighted by molar-refractivity contribution is 8.01. The van der Waals surface area contributed by atoms with Gasteiger partial charge in [0.1, 0.15) is 10.3 Å². The third-order valence-corrected chi connectivity index (χ3v) is 6.69. The van der Waals surface area contributed by atoms with Gasteiger partial charge in [0, 0.05) is 22.7 Å². The second kappa shape index (κ2) is 7.66. The van der Waals surface area contributed by atoms with Crippen LogP contribution in [0.3, 0.4) is 0 Å². The lowest BCUT2D eigenvalue weighted by Gasteiger charge is -2.14. The van der Waals surface area contributed by atoms with Crippen LogP contribution in [0.5, 0.6) is 0 Å². The molecule has 0 saturated carbocycles. The molecule has 0 spiro atoms. The molecule has 0 fully saturated rings. The van der Waals surface area contributed by atoms with Crippen LogP contribution in [-0.2, 0) is 6.42 Å². The fourth-order valence-corrected chi connectivity index (χ4v) is 5.26. The Morgan fingerprint density at radius 3 is 2.67 bits per heavy atom. The van der Waals surface area contributed by atoms with Gasteiger partial charge in [-0.1, -0.05) is 78.6 Å². The number of benzene rings is 2. The van der Waals surface area contributed by atoms with E-state index >= 15 is 0 Å². The number of Topliss-reactive ketones (excluding diaryl/α,β-unsaturated/α-hetero) is 1. The molecular formula is C21H19N3OS2. The molecule has 136 valence electrons. The molecule has 1 N–H and O–H groups in total. The Morgan fingerprint density at radius 2 is 1.96 bits per heavy atom. The van der Waals surface area contributed by atoms with Gasteiger partial charge in [0.15, 0.2) is 10.1 Å². The SMILES string of the molecule is CCc1cccc2c(C(=O)C(Sc3nnc(C)s3)c3ccccc3)c[nH]c12. The Balaban J connectivity index is 1.77. The number of para-hydroxylation sites is 1. The maximum atomic E-state index is 13.5. The summed E-state index contributed by atoms with van der Waals surface area (Å²) >= 11 is 2.98. The molecule has 1 atom stereocenters. The molecular weight excluding hydrogens is 374 g/mol. The number of carbonyl (C=O) groups is 1. The van der Waals surface area contributed by atoms with E-state index in [4.69, 9.17) is 0 Å². The van der Waals surface area contributed by atoms with Crippen LogP contribution in [-0.4, -0.2) is 21.0 Å². The van der Waals surface area contributed by atoms with Crippen LogP contribution in [0, 0.1) is 6.92 Å². The highest BCUT2D eigenvalue weighted by atomic mass is 32.2. The molecule has 27 heavy (non-hydrogen) atoms. The molecule has 0 aliphatic rings. The minimum Gasteiger partial charge on any atom is -0.360 e. The smallest absolute Gasteiger partial charge is 0.182 e. The number of ketones is 1. The number of aromatic amines is 1. The normalized spacial score (nSPS) is 12.4. The van der Waals surface area contributed by atoms with Gasteiger partial charge in [0.2, 0.25) is 0 Å². The summed E-state index contributed by atoms with van der Waals surface area (Å²) in [6, 6.07) is 16.0. The monoisotopic (exact) mass is 393 g/mol. The molecule has 2 aromatic heterocycles. The van der Waals surface area contributed by atoms with Crippen LogP contribution in [0.15, 0.2) is 59.1 Å². The van der Waals surface area contributed by atoms with Gasteiger partial charge in [-0.2, -0.15) is 0 Å². The van der Waals surface area contributed by atoms with Crippen molar-refractivity contribution >= 4 is 39.8 Å². The summed E-state index contributed by atoms with van der Waals surface area (Å²) in [4.78, 5) is 16.9. The number of aromatic nitrogens is 3. The molecule has 4 aromatic rings. The molecule has 0 aliphatic carbocycles. The molecule has 4 rings (SSSR count). The van der Waals surface area contributed by atoms with Crippen molar-refractivity contribution in [2.45, 2.75) is 29.9 Å². The summed E-state index contributed by atoms with van der Waals surface area (Å²) in [5, 5.41) is 9.82. The van der Waals surface area contributed by atoms with Crippen LogP contribution in [0.4, 0.5) is 0 Å². The van der Waals surface area contributed by atoms with Gasteiger partial charge < -0.3 is 4.98 Å². The minimum absolute atomic E-state index is 0.0820. The van der Waals surface area contributed by atoms with E-state index in [9.17, 15) is 4.79 Å². The topological polar surface area (TPSA) is 58.6 Å². The molecule has 4 nitrogen and oxygen atoms in total. The van der Waals surface area contributed by atoms with E-state index in [1.165, 1.54) is 28.7 Å². The van der Waals surface area contributed by atoms with E-state index in [-0.39, 0.29) is 11.0 Å². The second-order valence-electron chi connectivity index (χ2n) is 6.26. The molecule has 1 unspecified atom stereocenters. The predicted molar refractivity (Wildman–Crippen MR) is 112 cm³/mol. The van der Waals surface area contributed by atoms with Gasteiger partial charge in [-0.15, -0.1) is 10.2 Å². The zero-order chi connectivity index (χ0) is 18.8. The third kappa shape index (κ3) is 3.55. The lowest BCUT2D eigenvalue weighted by molar-refractivity contribution is 0.0991. The fourth-order valence-electron chi connectivity index (χ4n) is 3.18. The number of nitrogens with one attached hydrogen (secondary N) is 1. The number of hydrogen-bond donors (Lipinski definition) is 1. The first kappa shape index (κ1) is 17.9. The molecule has 2 aromatic carbocycles. The second-order valence-corrected chi connectivity index (χ2v) is 8.79. The van der Waals surface area contributed by atoms with Crippen LogP contribution >= 0.6 is 23.1 Å². The zero-order valence-corrected chi connectivity index (χ0v) is 16.7. The Bertz CT molecular complexity index is 1090. The van der Waals surface area contributed by atoms with Crippen LogP contribution in [0.1, 0.15) is 38.7 Å². The van der Waals surface area contributed by atoms with Gasteiger partial charge >= 0.3 is 0 Å². The van der Waals surface area contributed by atoms with Crippen molar-refractivity contribution in [3.05, 3.63) is 76.4 Å². The number of H-pyrrole nitrogens is 1. The van der Waals surface area contributed by atoms with E-state index in [0.717, 1.165) is 37.8 Å². The minimum atomic E-state index is -0.358. The van der Waals surface area contributed by atoms with Gasteiger partial charge in [-0.05, 0) is 24.5 Å². The van der Waals surface area contributed by atoms with E-state index in [2.05, 4.69) is 28.2 Å². The lowest BCUT2D eigenvalue weighted by atomic mass is 10.0. The van der Waals surface area contributed by atoms with Gasteiger partial charge in [0.05, 0.1) is 0 Å². The molecule has 0 aliphatic heterocycles. The molecule has 2 heterocycles. The predicted octanol–water partition coefficient (Wildman–Crippen LogP) is 5.61. The summed E-state index contributed by atoms with van der Waals surface area (Å²) in [6.45, 7) is 4.05. The van der Waals surface area contributed by atoms with Crippen molar-refractivity contribution in [3.63, 3.8) is 0 Å². The maximum absolute atomic E-state index is 13.5. The van der Waals surface area contributed by atoms with Crippen molar-refractivity contribution in [1.82, 2.24) is 15.2 Å². The average molecular weight is 394 g/mol. The average Bonchev–Trinajstić information content (AvgIpc) is 3.32. The highest BCUT2D eigenvalue weighted by Crippen LogP contribution is 2.40. The molecule has 6 heteroatoms. The Kier molecular flexibility index (Phi) is 5.09. The fraction of sp³-hybridized carbons (Fsp3) is 0.190. The van der Waals surface area contributed by atoms with E-state index < -0.39 is 0 Å². The van der Waals surface area contributed by atoms with Gasteiger partial charge in [-0.25, -0.2) is 0 Å². The first-order valence-electron chi connectivity index (χ1n) is 8.82. The summed E-state index contributed by atoms with van der Waals surface area (Å²) in [5.41, 5.74) is 3.96. The third-order valence-electron chi connectivity index (χ3n) is 4.51. The number of rotatable bonds is 6. The zero-order valence-electron chi connectivity index (χ0n) is 15.1. The maximum Gasteiger partial charge on any atom is 0.182 e. The number of thioether (sulfide) groups is 1. The summed E-state index contributed by atoms with van der Waals surface area (Å²) in [6.07, 6.45) is 2.76. The number of carbonyl (C=O) groups excluding carboxylic acids is 1. The Hall–Kier alpha value is -2.44. The van der Waals surface area contributed by atoms with E-state index in [1.54, 1.807) is 0 Å². The summed E-state index contributed by atoms with van der Waals surface area (Å²) in [5.74, 6) is 0.0820. The largest absolute Gasteiger partial charge is 0.360 e. The number of aryl methyl sites for hydroxylation is 2. The Morgan fingerprint density at radius 1 is 1.15 bits per heavy atom. The van der Waals surface area contributed by atoms with Gasteiger partial charge in [0.25, 0.3) is 0 Å². The summed E-state index contributed by atoms with van der Waals surface area (Å²) < 4.78 is 0.809. The van der Waals surface area contributed by atoms with E-state index in [0.29, 0.717) is 0 Å². The molecule has 0 amide bonds. The first-order valence-corrected chi connectivity index (χ1v) is 10.5. The number of fused-ring (bicyclic) bond motifs is 1. The molecule has 0 radical (unpaired) electrons. The van der Waals surface area contributed by atoms with Gasteiger partial charge in [-0.3, -0.25) is 4.79 Å². The highest BCUT2D eigenvalue weighted by Gasteiger charge is 2.27. The lowest BCUT2D eigenvalue weighted by Crippen LogP contribution is -2.09. The summed E-state index contributed by atoms with van der Waals surface area (Å²) in [7, 11) is 0. The Labute approximate surface area is 166 Å². The van der Waals surface area contributed by atoms with Crippen molar-refractivity contribution in [1.29, 1.82) is 0 Å². The van der Waals surface area contributed by atoms with Crippen molar-refractivity contribution in [3.8, 4) is 0 Å². The first-order chi connectivity index (χ1) is 13.2. The number of nitrogens with zero attached hydrogens (tertiary/aromatic N) is 2. The van der Waals surface area contributed by atoms with Crippen molar-refractivity contribution in [2.24, 2.45) is 0 Å². The standard InChI is InChI=1S/C21H19N3OS2/c1-3-14-10-7-11-16-17(12-22-18(14)16)19(25)20(15-8-5-4-6-9-15)27-21-24-23-13(2)26-21/h4-12,20,22H,3H2,1-2H3. The molecule has 0 saturated heterocycles. The van der Waals surface area contributed by atoms with Crippen LogP contribution < -0.4 is 0 Å². The number of hydrogen-bond acceptors (Lipinski definition) is 5.